The molecule has 1 rings (SSSR count). The van der Waals surface area contributed by atoms with Gasteiger partial charge in [-0.1, -0.05) is 12.7 Å². The molecular weight excluding hydrogens is 136 g/mol. The summed E-state index contributed by atoms with van der Waals surface area (Å²) in [6.07, 6.45) is 5.97. The zero-order chi connectivity index (χ0) is 8.48. The number of hydrogen-bond acceptors (Lipinski definition) is 1. The van der Waals surface area contributed by atoms with Crippen LogP contribution in [0.15, 0.2) is 36.1 Å². The van der Waals surface area contributed by atoms with E-state index in [1.54, 1.807) is 0 Å². The molecule has 0 bridgehead atoms. The second kappa shape index (κ2) is 2.57. The molecule has 0 saturated carbocycles. The van der Waals surface area contributed by atoms with Crippen molar-refractivity contribution >= 4 is 0 Å². The van der Waals surface area contributed by atoms with Gasteiger partial charge in [-0.2, -0.15) is 0 Å². The summed E-state index contributed by atoms with van der Waals surface area (Å²) >= 11 is 0. The van der Waals surface area contributed by atoms with Crippen molar-refractivity contribution in [3.8, 4) is 0 Å². The number of ether oxygens (including phenoxy) is 1. The van der Waals surface area contributed by atoms with Crippen molar-refractivity contribution in [2.45, 2.75) is 26.4 Å². The third kappa shape index (κ3) is 1.97. The van der Waals surface area contributed by atoms with E-state index in [0.717, 1.165) is 11.3 Å². The van der Waals surface area contributed by atoms with Gasteiger partial charge in [-0.3, -0.25) is 0 Å². The molecule has 0 aliphatic carbocycles. The molecule has 1 aliphatic rings. The van der Waals surface area contributed by atoms with E-state index in [9.17, 15) is 0 Å². The van der Waals surface area contributed by atoms with Crippen LogP contribution in [-0.4, -0.2) is 5.60 Å². The normalized spacial score (nSPS) is 20.5. The first kappa shape index (κ1) is 8.12. The maximum absolute atomic E-state index is 5.61. The fourth-order valence-electron chi connectivity index (χ4n) is 0.948. The molecule has 1 nitrogen and oxygen atoms in total. The highest BCUT2D eigenvalue weighted by Gasteiger charge is 2.19. The Kier molecular flexibility index (Phi) is 1.90. The van der Waals surface area contributed by atoms with Gasteiger partial charge in [0.05, 0.1) is 0 Å². The molecule has 0 N–H and O–H groups in total. The van der Waals surface area contributed by atoms with Gasteiger partial charge in [-0.05, 0) is 38.5 Å². The molecule has 0 unspecified atom stereocenters. The van der Waals surface area contributed by atoms with Crippen LogP contribution in [0, 0.1) is 0 Å². The van der Waals surface area contributed by atoms with Crippen molar-refractivity contribution in [2.24, 2.45) is 0 Å². The smallest absolute Gasteiger partial charge is 0.122 e. The summed E-state index contributed by atoms with van der Waals surface area (Å²) < 4.78 is 5.61. The molecular formula is C10H14O. The second-order valence-electron chi connectivity index (χ2n) is 3.38. The van der Waals surface area contributed by atoms with Crippen LogP contribution in [-0.2, 0) is 4.74 Å². The average molecular weight is 150 g/mol. The molecule has 1 aliphatic heterocycles. The van der Waals surface area contributed by atoms with Crippen LogP contribution in [0.4, 0.5) is 0 Å². The van der Waals surface area contributed by atoms with Crippen molar-refractivity contribution in [3.63, 3.8) is 0 Å². The lowest BCUT2D eigenvalue weighted by Crippen LogP contribution is -2.22. The first-order valence-electron chi connectivity index (χ1n) is 3.76. The fourth-order valence-corrected chi connectivity index (χ4v) is 0.948. The van der Waals surface area contributed by atoms with Crippen molar-refractivity contribution in [3.05, 3.63) is 36.1 Å². The van der Waals surface area contributed by atoms with Gasteiger partial charge < -0.3 is 4.74 Å². The lowest BCUT2D eigenvalue weighted by atomic mass is 10.1. The first-order chi connectivity index (χ1) is 5.01. The summed E-state index contributed by atoms with van der Waals surface area (Å²) in [5.41, 5.74) is 0.797. The lowest BCUT2D eigenvalue weighted by molar-refractivity contribution is 0.0806. The summed E-state index contributed by atoms with van der Waals surface area (Å²) in [5.74, 6) is 0.887. The van der Waals surface area contributed by atoms with E-state index < -0.39 is 0 Å². The molecule has 11 heavy (non-hydrogen) atoms. The van der Waals surface area contributed by atoms with Crippen molar-refractivity contribution in [1.29, 1.82) is 0 Å². The van der Waals surface area contributed by atoms with E-state index >= 15 is 0 Å². The number of allylic oxidation sites excluding steroid dienone is 3. The van der Waals surface area contributed by atoms with E-state index in [1.807, 2.05) is 39.0 Å². The molecule has 0 radical (unpaired) electrons. The number of hydrogen-bond donors (Lipinski definition) is 0. The summed E-state index contributed by atoms with van der Waals surface area (Å²) in [6, 6.07) is 0. The zero-order valence-electron chi connectivity index (χ0n) is 7.35. The maximum Gasteiger partial charge on any atom is 0.122 e. The molecule has 0 aromatic rings. The van der Waals surface area contributed by atoms with E-state index in [2.05, 4.69) is 6.58 Å². The quantitative estimate of drug-likeness (QED) is 0.558. The Hall–Kier alpha value is -0.980. The van der Waals surface area contributed by atoms with Gasteiger partial charge in [0.2, 0.25) is 0 Å². The Morgan fingerprint density at radius 3 is 2.55 bits per heavy atom. The molecule has 0 atom stereocenters. The van der Waals surface area contributed by atoms with Crippen LogP contribution < -0.4 is 0 Å². The monoisotopic (exact) mass is 150 g/mol. The Bertz CT molecular complexity index is 231. The highest BCUT2D eigenvalue weighted by Crippen LogP contribution is 2.24. The van der Waals surface area contributed by atoms with E-state index in [-0.39, 0.29) is 5.60 Å². The van der Waals surface area contributed by atoms with Gasteiger partial charge in [0.1, 0.15) is 11.4 Å². The van der Waals surface area contributed by atoms with Crippen LogP contribution >= 0.6 is 0 Å². The van der Waals surface area contributed by atoms with Gasteiger partial charge in [0.25, 0.3) is 0 Å². The summed E-state index contributed by atoms with van der Waals surface area (Å²) in [6.45, 7) is 9.82. The van der Waals surface area contributed by atoms with Crippen LogP contribution in [0.2, 0.25) is 0 Å². The topological polar surface area (TPSA) is 9.23 Å². The fraction of sp³-hybridized carbons (Fsp3) is 0.400. The zero-order valence-corrected chi connectivity index (χ0v) is 7.35. The predicted octanol–water partition coefficient (Wildman–Crippen LogP) is 2.81. The van der Waals surface area contributed by atoms with Crippen molar-refractivity contribution in [2.75, 3.05) is 0 Å². The van der Waals surface area contributed by atoms with Crippen LogP contribution in [0.25, 0.3) is 0 Å². The van der Waals surface area contributed by atoms with Crippen molar-refractivity contribution < 1.29 is 4.74 Å². The maximum atomic E-state index is 5.61. The minimum absolute atomic E-state index is 0.178. The summed E-state index contributed by atoms with van der Waals surface area (Å²) in [4.78, 5) is 0. The third-order valence-electron chi connectivity index (χ3n) is 1.54. The largest absolute Gasteiger partial charge is 0.484 e. The minimum atomic E-state index is -0.178. The molecule has 0 spiro atoms. The third-order valence-corrected chi connectivity index (χ3v) is 1.54. The Morgan fingerprint density at radius 2 is 2.18 bits per heavy atom. The van der Waals surface area contributed by atoms with E-state index in [0.29, 0.717) is 0 Å². The summed E-state index contributed by atoms with van der Waals surface area (Å²) in [5, 5.41) is 0. The minimum Gasteiger partial charge on any atom is -0.484 e. The first-order valence-corrected chi connectivity index (χ1v) is 3.76. The SMILES string of the molecule is C=C(C)C1=CC=CC(C)(C)O1. The van der Waals surface area contributed by atoms with Crippen LogP contribution in [0.1, 0.15) is 20.8 Å². The Morgan fingerprint density at radius 1 is 1.55 bits per heavy atom. The highest BCUT2D eigenvalue weighted by molar-refractivity contribution is 5.29. The van der Waals surface area contributed by atoms with E-state index in [4.69, 9.17) is 4.74 Å². The second-order valence-corrected chi connectivity index (χ2v) is 3.38. The number of rotatable bonds is 1. The molecule has 0 fully saturated rings. The molecule has 1 heteroatoms. The summed E-state index contributed by atoms with van der Waals surface area (Å²) in [7, 11) is 0. The molecule has 0 amide bonds. The average Bonchev–Trinajstić information content (AvgIpc) is 1.85. The van der Waals surface area contributed by atoms with Gasteiger partial charge in [0, 0.05) is 0 Å². The van der Waals surface area contributed by atoms with Crippen LogP contribution in [0.3, 0.4) is 0 Å². The molecule has 0 saturated heterocycles. The Labute approximate surface area is 68.1 Å². The molecule has 0 aromatic carbocycles. The van der Waals surface area contributed by atoms with Gasteiger partial charge in [0.15, 0.2) is 0 Å². The highest BCUT2D eigenvalue weighted by atomic mass is 16.5. The Balaban J connectivity index is 2.81. The molecule has 0 aromatic heterocycles. The molecule has 60 valence electrons. The predicted molar refractivity (Wildman–Crippen MR) is 47.2 cm³/mol. The van der Waals surface area contributed by atoms with Gasteiger partial charge >= 0.3 is 0 Å². The lowest BCUT2D eigenvalue weighted by Gasteiger charge is -2.27. The van der Waals surface area contributed by atoms with Crippen molar-refractivity contribution in [1.82, 2.24) is 0 Å². The van der Waals surface area contributed by atoms with Crippen LogP contribution in [0.5, 0.6) is 0 Å². The van der Waals surface area contributed by atoms with Gasteiger partial charge in [-0.25, -0.2) is 0 Å². The van der Waals surface area contributed by atoms with E-state index in [1.165, 1.54) is 0 Å². The standard InChI is InChI=1S/C10H14O/c1-8(2)9-6-5-7-10(3,4)11-9/h5-7H,1H2,2-4H3. The molecule has 1 heterocycles. The van der Waals surface area contributed by atoms with Gasteiger partial charge in [-0.15, -0.1) is 0 Å².